The lowest BCUT2D eigenvalue weighted by molar-refractivity contribution is -0.150. The van der Waals surface area contributed by atoms with Crippen molar-refractivity contribution in [2.75, 3.05) is 7.11 Å². The number of nitrogens with zero attached hydrogens (tertiary/aromatic N) is 2. The van der Waals surface area contributed by atoms with E-state index in [2.05, 4.69) is 9.72 Å². The molecule has 13 heavy (non-hydrogen) atoms. The van der Waals surface area contributed by atoms with E-state index in [0.29, 0.717) is 5.82 Å². The van der Waals surface area contributed by atoms with Gasteiger partial charge in [0.05, 0.1) is 7.11 Å². The molecule has 0 aliphatic rings. The lowest BCUT2D eigenvalue weighted by atomic mass is 10.2. The first-order valence-corrected chi connectivity index (χ1v) is 3.87. The van der Waals surface area contributed by atoms with Crippen molar-refractivity contribution >= 4 is 5.97 Å². The number of methoxy groups -OCH3 is 1. The number of carbonyl (C=O) groups is 1. The van der Waals surface area contributed by atoms with Crippen LogP contribution in [0.15, 0.2) is 12.4 Å². The highest BCUT2D eigenvalue weighted by Gasteiger charge is 2.17. The quantitative estimate of drug-likeness (QED) is 0.643. The third-order valence-corrected chi connectivity index (χ3v) is 1.77. The van der Waals surface area contributed by atoms with Gasteiger partial charge >= 0.3 is 5.97 Å². The fraction of sp³-hybridized carbons (Fsp3) is 0.500. The Morgan fingerprint density at radius 1 is 1.85 bits per heavy atom. The van der Waals surface area contributed by atoms with E-state index < -0.39 is 12.1 Å². The molecule has 0 saturated carbocycles. The van der Waals surface area contributed by atoms with Gasteiger partial charge in [0, 0.05) is 25.9 Å². The third kappa shape index (κ3) is 2.29. The van der Waals surface area contributed by atoms with Crippen molar-refractivity contribution in [1.29, 1.82) is 0 Å². The van der Waals surface area contributed by atoms with Gasteiger partial charge in [0.15, 0.2) is 6.10 Å². The number of carbonyl (C=O) groups excluding carboxylic acids is 1. The predicted octanol–water partition coefficient (Wildman–Crippen LogP) is -0.504. The first-order valence-electron chi connectivity index (χ1n) is 3.87. The van der Waals surface area contributed by atoms with Crippen molar-refractivity contribution in [1.82, 2.24) is 9.55 Å². The van der Waals surface area contributed by atoms with E-state index in [-0.39, 0.29) is 6.42 Å². The number of hydrogen-bond acceptors (Lipinski definition) is 4. The Kier molecular flexibility index (Phi) is 3.02. The van der Waals surface area contributed by atoms with Gasteiger partial charge in [0.25, 0.3) is 0 Å². The number of rotatable bonds is 3. The fourth-order valence-electron chi connectivity index (χ4n) is 0.985. The Labute approximate surface area is 76.0 Å². The Bertz CT molecular complexity index is 295. The summed E-state index contributed by atoms with van der Waals surface area (Å²) in [7, 11) is 3.04. The van der Waals surface area contributed by atoms with Crippen LogP contribution in [0.5, 0.6) is 0 Å². The summed E-state index contributed by atoms with van der Waals surface area (Å²) >= 11 is 0. The number of imidazole rings is 1. The van der Waals surface area contributed by atoms with Gasteiger partial charge in [-0.3, -0.25) is 0 Å². The molecule has 0 saturated heterocycles. The molecule has 0 radical (unpaired) electrons. The average Bonchev–Trinajstić information content (AvgIpc) is 2.50. The Balaban J connectivity index is 2.59. The van der Waals surface area contributed by atoms with Crippen LogP contribution < -0.4 is 0 Å². The lowest BCUT2D eigenvalue weighted by Crippen LogP contribution is -2.25. The summed E-state index contributed by atoms with van der Waals surface area (Å²) < 4.78 is 6.12. The summed E-state index contributed by atoms with van der Waals surface area (Å²) in [4.78, 5) is 14.8. The zero-order valence-corrected chi connectivity index (χ0v) is 7.60. The van der Waals surface area contributed by atoms with Crippen LogP contribution in [0.2, 0.25) is 0 Å². The molecule has 0 aliphatic heterocycles. The first kappa shape index (κ1) is 9.73. The number of esters is 1. The van der Waals surface area contributed by atoms with Crippen LogP contribution in [0, 0.1) is 0 Å². The summed E-state index contributed by atoms with van der Waals surface area (Å²) in [5, 5.41) is 9.29. The van der Waals surface area contributed by atoms with Crippen molar-refractivity contribution in [3.63, 3.8) is 0 Å². The van der Waals surface area contributed by atoms with Crippen molar-refractivity contribution < 1.29 is 14.6 Å². The van der Waals surface area contributed by atoms with Gasteiger partial charge in [-0.05, 0) is 0 Å². The molecule has 1 atom stereocenters. The van der Waals surface area contributed by atoms with Crippen molar-refractivity contribution in [2.24, 2.45) is 7.05 Å². The van der Waals surface area contributed by atoms with E-state index >= 15 is 0 Å². The number of aliphatic hydroxyl groups excluding tert-OH is 1. The maximum atomic E-state index is 10.8. The summed E-state index contributed by atoms with van der Waals surface area (Å²) in [5.74, 6) is 0.0147. The highest BCUT2D eigenvalue weighted by Crippen LogP contribution is 2.00. The van der Waals surface area contributed by atoms with E-state index in [4.69, 9.17) is 0 Å². The smallest absolute Gasteiger partial charge is 0.335 e. The molecule has 1 rings (SSSR count). The van der Waals surface area contributed by atoms with E-state index in [1.165, 1.54) is 7.11 Å². The van der Waals surface area contributed by atoms with Crippen molar-refractivity contribution in [3.05, 3.63) is 18.2 Å². The van der Waals surface area contributed by atoms with Gasteiger partial charge in [0.2, 0.25) is 0 Å². The Morgan fingerprint density at radius 3 is 3.00 bits per heavy atom. The maximum absolute atomic E-state index is 10.8. The van der Waals surface area contributed by atoms with Gasteiger partial charge in [-0.2, -0.15) is 0 Å². The SMILES string of the molecule is COC(=O)C(O)Cc1nccn1C. The number of aryl methyl sites for hydroxylation is 1. The second-order valence-electron chi connectivity index (χ2n) is 2.70. The van der Waals surface area contributed by atoms with Gasteiger partial charge in [0.1, 0.15) is 5.82 Å². The molecular formula is C8H12N2O3. The Morgan fingerprint density at radius 2 is 2.54 bits per heavy atom. The number of hydrogen-bond donors (Lipinski definition) is 1. The van der Waals surface area contributed by atoms with E-state index in [9.17, 15) is 9.90 Å². The molecular weight excluding hydrogens is 172 g/mol. The molecule has 72 valence electrons. The summed E-state index contributed by atoms with van der Waals surface area (Å²) in [6.45, 7) is 0. The number of aromatic nitrogens is 2. The Hall–Kier alpha value is -1.36. The molecule has 0 amide bonds. The highest BCUT2D eigenvalue weighted by molar-refractivity contribution is 5.74. The first-order chi connectivity index (χ1) is 6.15. The molecule has 1 aromatic heterocycles. The van der Waals surface area contributed by atoms with Gasteiger partial charge < -0.3 is 14.4 Å². The predicted molar refractivity (Wildman–Crippen MR) is 44.9 cm³/mol. The summed E-state index contributed by atoms with van der Waals surface area (Å²) in [5.41, 5.74) is 0. The van der Waals surface area contributed by atoms with Crippen LogP contribution in [0.4, 0.5) is 0 Å². The minimum Gasteiger partial charge on any atom is -0.467 e. The van der Waals surface area contributed by atoms with E-state index in [0.717, 1.165) is 0 Å². The minimum atomic E-state index is -1.13. The molecule has 0 aromatic carbocycles. The largest absolute Gasteiger partial charge is 0.467 e. The number of aliphatic hydroxyl groups is 1. The molecule has 1 heterocycles. The van der Waals surface area contributed by atoms with Crippen LogP contribution in [-0.4, -0.2) is 33.8 Å². The van der Waals surface area contributed by atoms with E-state index in [1.54, 1.807) is 24.0 Å². The molecule has 1 N–H and O–H groups in total. The van der Waals surface area contributed by atoms with Crippen molar-refractivity contribution in [3.8, 4) is 0 Å². The van der Waals surface area contributed by atoms with Gasteiger partial charge in [-0.15, -0.1) is 0 Å². The second-order valence-corrected chi connectivity index (χ2v) is 2.70. The zero-order valence-electron chi connectivity index (χ0n) is 7.60. The van der Waals surface area contributed by atoms with Gasteiger partial charge in [-0.25, -0.2) is 9.78 Å². The maximum Gasteiger partial charge on any atom is 0.335 e. The summed E-state index contributed by atoms with van der Waals surface area (Å²) in [6.07, 6.45) is 2.40. The van der Waals surface area contributed by atoms with Gasteiger partial charge in [-0.1, -0.05) is 0 Å². The summed E-state index contributed by atoms with van der Waals surface area (Å²) in [6, 6.07) is 0. The molecule has 5 nitrogen and oxygen atoms in total. The molecule has 0 fully saturated rings. The van der Waals surface area contributed by atoms with Crippen LogP contribution in [0.25, 0.3) is 0 Å². The highest BCUT2D eigenvalue weighted by atomic mass is 16.5. The van der Waals surface area contributed by atoms with Crippen LogP contribution >= 0.6 is 0 Å². The molecule has 0 bridgehead atoms. The molecule has 1 aromatic rings. The van der Waals surface area contributed by atoms with E-state index in [1.807, 2.05) is 0 Å². The average molecular weight is 184 g/mol. The zero-order chi connectivity index (χ0) is 9.84. The second kappa shape index (κ2) is 4.04. The van der Waals surface area contributed by atoms with Crippen molar-refractivity contribution in [2.45, 2.75) is 12.5 Å². The molecule has 0 aliphatic carbocycles. The lowest BCUT2D eigenvalue weighted by Gasteiger charge is -2.07. The van der Waals surface area contributed by atoms with Crippen LogP contribution in [0.1, 0.15) is 5.82 Å². The molecule has 5 heteroatoms. The fourth-order valence-corrected chi connectivity index (χ4v) is 0.985. The topological polar surface area (TPSA) is 64.3 Å². The standard InChI is InChI=1S/C8H12N2O3/c1-10-4-3-9-7(10)5-6(11)8(12)13-2/h3-4,6,11H,5H2,1-2H3. The normalized spacial score (nSPS) is 12.5. The third-order valence-electron chi connectivity index (χ3n) is 1.77. The number of ether oxygens (including phenoxy) is 1. The van der Waals surface area contributed by atoms with Crippen LogP contribution in [-0.2, 0) is 23.0 Å². The molecule has 0 spiro atoms. The monoisotopic (exact) mass is 184 g/mol. The van der Waals surface area contributed by atoms with Crippen LogP contribution in [0.3, 0.4) is 0 Å². The molecule has 1 unspecified atom stereocenters. The minimum absolute atomic E-state index is 0.177.